The van der Waals surface area contributed by atoms with E-state index in [9.17, 15) is 14.7 Å². The first-order valence-electron chi connectivity index (χ1n) is 12.4. The third kappa shape index (κ3) is 8.83. The molecule has 0 aliphatic carbocycles. The number of unbranched alkanes of at least 4 members (excludes halogenated alkanes) is 7. The highest BCUT2D eigenvalue weighted by Gasteiger charge is 2.55. The zero-order chi connectivity index (χ0) is 23.6. The molecule has 0 aromatic heterocycles. The van der Waals surface area contributed by atoms with E-state index in [2.05, 4.69) is 18.3 Å². The SMILES string of the molecule is CCCCCC[C@H](O)CCCCCC/C=C/[C@@H]1OC(C)(C)O[C@H]2[C@@H]1OC(=O)[C@H]2NC(C)=O. The summed E-state index contributed by atoms with van der Waals surface area (Å²) in [6, 6.07) is -0.807. The van der Waals surface area contributed by atoms with Gasteiger partial charge in [0, 0.05) is 6.92 Å². The number of aliphatic hydroxyl groups excluding tert-OH is 1. The second kappa shape index (κ2) is 13.3. The lowest BCUT2D eigenvalue weighted by Crippen LogP contribution is -2.57. The van der Waals surface area contributed by atoms with Gasteiger partial charge in [-0.1, -0.05) is 64.0 Å². The summed E-state index contributed by atoms with van der Waals surface area (Å²) in [7, 11) is 0. The molecule has 2 rings (SSSR count). The molecule has 184 valence electrons. The summed E-state index contributed by atoms with van der Waals surface area (Å²) in [5, 5.41) is 12.7. The number of amides is 1. The van der Waals surface area contributed by atoms with Crippen LogP contribution >= 0.6 is 0 Å². The second-order valence-electron chi connectivity index (χ2n) is 9.57. The van der Waals surface area contributed by atoms with Crippen molar-refractivity contribution in [3.8, 4) is 0 Å². The molecule has 7 nitrogen and oxygen atoms in total. The van der Waals surface area contributed by atoms with Crippen molar-refractivity contribution in [3.63, 3.8) is 0 Å². The molecular weight excluding hydrogens is 410 g/mol. The number of hydrogen-bond donors (Lipinski definition) is 2. The molecule has 0 radical (unpaired) electrons. The fourth-order valence-corrected chi connectivity index (χ4v) is 4.42. The summed E-state index contributed by atoms with van der Waals surface area (Å²) in [6.07, 6.45) is 14.3. The molecule has 2 N–H and O–H groups in total. The average Bonchev–Trinajstić information content (AvgIpc) is 3.01. The Labute approximate surface area is 193 Å². The third-order valence-electron chi connectivity index (χ3n) is 6.06. The number of nitrogens with one attached hydrogen (secondary N) is 1. The van der Waals surface area contributed by atoms with Crippen molar-refractivity contribution in [2.45, 2.75) is 135 Å². The molecule has 2 saturated heterocycles. The molecule has 2 fully saturated rings. The molecule has 0 spiro atoms. The van der Waals surface area contributed by atoms with E-state index in [1.807, 2.05) is 6.08 Å². The number of hydrogen-bond acceptors (Lipinski definition) is 6. The van der Waals surface area contributed by atoms with Crippen LogP contribution in [0.1, 0.15) is 98.3 Å². The van der Waals surface area contributed by atoms with E-state index in [0.29, 0.717) is 0 Å². The highest BCUT2D eigenvalue weighted by molar-refractivity contribution is 5.85. The van der Waals surface area contributed by atoms with Crippen LogP contribution in [0.15, 0.2) is 12.2 Å². The lowest BCUT2D eigenvalue weighted by Gasteiger charge is -2.41. The number of esters is 1. The quantitative estimate of drug-likeness (QED) is 0.233. The van der Waals surface area contributed by atoms with Crippen molar-refractivity contribution >= 4 is 11.9 Å². The fourth-order valence-electron chi connectivity index (χ4n) is 4.42. The molecule has 0 aromatic carbocycles. The van der Waals surface area contributed by atoms with Gasteiger partial charge in [-0.2, -0.15) is 0 Å². The maximum absolute atomic E-state index is 12.2. The fraction of sp³-hybridized carbons (Fsp3) is 0.840. The van der Waals surface area contributed by atoms with Crippen LogP contribution in [0, 0.1) is 0 Å². The predicted molar refractivity (Wildman–Crippen MR) is 123 cm³/mol. The zero-order valence-electron chi connectivity index (χ0n) is 20.3. The van der Waals surface area contributed by atoms with Gasteiger partial charge in [-0.05, 0) is 39.5 Å². The van der Waals surface area contributed by atoms with Crippen molar-refractivity contribution in [2.24, 2.45) is 0 Å². The first-order valence-corrected chi connectivity index (χ1v) is 12.4. The number of allylic oxidation sites excluding steroid dienone is 1. The van der Waals surface area contributed by atoms with Crippen LogP contribution in [0.4, 0.5) is 0 Å². The number of aliphatic hydroxyl groups is 1. The van der Waals surface area contributed by atoms with Crippen LogP contribution < -0.4 is 5.32 Å². The van der Waals surface area contributed by atoms with E-state index in [-0.39, 0.29) is 12.0 Å². The normalized spacial score (nSPS) is 27.8. The van der Waals surface area contributed by atoms with Gasteiger partial charge < -0.3 is 24.6 Å². The number of fused-ring (bicyclic) bond motifs is 1. The van der Waals surface area contributed by atoms with Crippen LogP contribution in [0.5, 0.6) is 0 Å². The molecule has 2 heterocycles. The molecular formula is C25H43NO6. The smallest absolute Gasteiger partial charge is 0.332 e. The minimum absolute atomic E-state index is 0.149. The molecule has 2 aliphatic rings. The third-order valence-corrected chi connectivity index (χ3v) is 6.06. The van der Waals surface area contributed by atoms with E-state index in [1.54, 1.807) is 13.8 Å². The Morgan fingerprint density at radius 1 is 1.06 bits per heavy atom. The van der Waals surface area contributed by atoms with E-state index in [4.69, 9.17) is 14.2 Å². The van der Waals surface area contributed by atoms with Gasteiger partial charge in [0.25, 0.3) is 0 Å². The Morgan fingerprint density at radius 3 is 2.38 bits per heavy atom. The van der Waals surface area contributed by atoms with Gasteiger partial charge in [0.2, 0.25) is 5.91 Å². The van der Waals surface area contributed by atoms with Gasteiger partial charge in [0.15, 0.2) is 17.9 Å². The first-order chi connectivity index (χ1) is 15.2. The van der Waals surface area contributed by atoms with E-state index in [1.165, 1.54) is 26.2 Å². The highest BCUT2D eigenvalue weighted by atomic mass is 16.7. The molecule has 32 heavy (non-hydrogen) atoms. The van der Waals surface area contributed by atoms with E-state index < -0.39 is 36.1 Å². The summed E-state index contributed by atoms with van der Waals surface area (Å²) in [5.41, 5.74) is 0. The summed E-state index contributed by atoms with van der Waals surface area (Å²) in [5.74, 6) is -1.66. The highest BCUT2D eigenvalue weighted by Crippen LogP contribution is 2.35. The topological polar surface area (TPSA) is 94.1 Å². The zero-order valence-corrected chi connectivity index (χ0v) is 20.3. The van der Waals surface area contributed by atoms with E-state index >= 15 is 0 Å². The number of carbonyl (C=O) groups is 2. The minimum atomic E-state index is -0.877. The summed E-state index contributed by atoms with van der Waals surface area (Å²) < 4.78 is 17.4. The minimum Gasteiger partial charge on any atom is -0.455 e. The summed E-state index contributed by atoms with van der Waals surface area (Å²) in [6.45, 7) is 7.18. The number of carbonyl (C=O) groups excluding carboxylic acids is 2. The van der Waals surface area contributed by atoms with Crippen molar-refractivity contribution in [3.05, 3.63) is 12.2 Å². The van der Waals surface area contributed by atoms with Gasteiger partial charge in [0.1, 0.15) is 12.2 Å². The molecule has 0 aromatic rings. The molecule has 0 bridgehead atoms. The van der Waals surface area contributed by atoms with Crippen molar-refractivity contribution in [2.75, 3.05) is 0 Å². The lowest BCUT2D eigenvalue weighted by molar-refractivity contribution is -0.312. The Bertz CT molecular complexity index is 620. The van der Waals surface area contributed by atoms with Crippen molar-refractivity contribution in [1.29, 1.82) is 0 Å². The van der Waals surface area contributed by atoms with Gasteiger partial charge in [-0.3, -0.25) is 4.79 Å². The van der Waals surface area contributed by atoms with Gasteiger partial charge >= 0.3 is 5.97 Å². The molecule has 5 atom stereocenters. The Morgan fingerprint density at radius 2 is 1.72 bits per heavy atom. The van der Waals surface area contributed by atoms with Crippen molar-refractivity contribution in [1.82, 2.24) is 5.32 Å². The summed E-state index contributed by atoms with van der Waals surface area (Å²) in [4.78, 5) is 23.7. The van der Waals surface area contributed by atoms with Crippen LogP contribution in [-0.2, 0) is 23.8 Å². The van der Waals surface area contributed by atoms with Gasteiger partial charge in [0.05, 0.1) is 6.10 Å². The Balaban J connectivity index is 1.68. The predicted octanol–water partition coefficient (Wildman–Crippen LogP) is 4.16. The molecule has 2 aliphatic heterocycles. The van der Waals surface area contributed by atoms with Crippen LogP contribution in [0.25, 0.3) is 0 Å². The lowest BCUT2D eigenvalue weighted by atomic mass is 10.00. The Kier molecular flexibility index (Phi) is 11.2. The molecule has 0 saturated carbocycles. The number of ether oxygens (including phenoxy) is 3. The second-order valence-corrected chi connectivity index (χ2v) is 9.57. The van der Waals surface area contributed by atoms with Gasteiger partial charge in [-0.25, -0.2) is 4.79 Å². The largest absolute Gasteiger partial charge is 0.455 e. The monoisotopic (exact) mass is 453 g/mol. The number of rotatable bonds is 14. The maximum atomic E-state index is 12.2. The molecule has 1 amide bonds. The molecule has 7 heteroatoms. The standard InChI is InChI=1S/C25H43NO6/c1-5-6-7-12-15-19(28)16-13-10-8-9-11-14-17-20-22-23(32-25(3,4)31-20)21(24(29)30-22)26-18(2)27/h14,17,19-23,28H,5-13,15-16H2,1-4H3,(H,26,27)/b17-14+/t19-,20-,21-,22+,23+/m0/s1. The summed E-state index contributed by atoms with van der Waals surface area (Å²) >= 11 is 0. The van der Waals surface area contributed by atoms with Crippen LogP contribution in [-0.4, -0.2) is 53.2 Å². The average molecular weight is 454 g/mol. The first kappa shape index (κ1) is 26.8. The van der Waals surface area contributed by atoms with E-state index in [0.717, 1.165) is 51.4 Å². The van der Waals surface area contributed by atoms with Gasteiger partial charge in [-0.15, -0.1) is 0 Å². The van der Waals surface area contributed by atoms with Crippen LogP contribution in [0.2, 0.25) is 0 Å². The molecule has 0 unspecified atom stereocenters. The van der Waals surface area contributed by atoms with Crippen LogP contribution in [0.3, 0.4) is 0 Å². The van der Waals surface area contributed by atoms with Crippen molar-refractivity contribution < 1.29 is 28.9 Å². The Hall–Kier alpha value is -1.44. The maximum Gasteiger partial charge on any atom is 0.332 e.